The molecule has 0 radical (unpaired) electrons. The summed E-state index contributed by atoms with van der Waals surface area (Å²) >= 11 is 0. The molecule has 1 aromatic carbocycles. The SMILES string of the molecule is Cc1cc2ccccc2n1CC(=O)NC[C@H]1CCS(=O)(=O)C1. The molecule has 1 atom stereocenters. The van der Waals surface area contributed by atoms with Crippen LogP contribution in [0.1, 0.15) is 12.1 Å². The second kappa shape index (κ2) is 5.76. The van der Waals surface area contributed by atoms with E-state index >= 15 is 0 Å². The molecule has 0 saturated carbocycles. The first-order valence-electron chi connectivity index (χ1n) is 7.46. The highest BCUT2D eigenvalue weighted by atomic mass is 32.2. The molecule has 0 aliphatic carbocycles. The van der Waals surface area contributed by atoms with Gasteiger partial charge in [0.15, 0.2) is 9.84 Å². The lowest BCUT2D eigenvalue weighted by molar-refractivity contribution is -0.121. The molecule has 5 nitrogen and oxygen atoms in total. The Morgan fingerprint density at radius 3 is 2.86 bits per heavy atom. The number of aryl methyl sites for hydroxylation is 1. The molecule has 0 bridgehead atoms. The molecule has 22 heavy (non-hydrogen) atoms. The maximum Gasteiger partial charge on any atom is 0.239 e. The van der Waals surface area contributed by atoms with Crippen LogP contribution in [0.4, 0.5) is 0 Å². The van der Waals surface area contributed by atoms with E-state index in [1.165, 1.54) is 0 Å². The van der Waals surface area contributed by atoms with Crippen LogP contribution in [0.25, 0.3) is 10.9 Å². The largest absolute Gasteiger partial charge is 0.354 e. The smallest absolute Gasteiger partial charge is 0.239 e. The van der Waals surface area contributed by atoms with Crippen LogP contribution in [0.2, 0.25) is 0 Å². The molecule has 1 amide bonds. The predicted octanol–water partition coefficient (Wildman–Crippen LogP) is 1.50. The van der Waals surface area contributed by atoms with E-state index < -0.39 is 9.84 Å². The van der Waals surface area contributed by atoms with Crippen molar-refractivity contribution in [3.8, 4) is 0 Å². The highest BCUT2D eigenvalue weighted by molar-refractivity contribution is 7.91. The minimum absolute atomic E-state index is 0.0523. The summed E-state index contributed by atoms with van der Waals surface area (Å²) in [5.74, 6) is 0.415. The van der Waals surface area contributed by atoms with Gasteiger partial charge >= 0.3 is 0 Å². The standard InChI is InChI=1S/C16H20N2O3S/c1-12-8-14-4-2-3-5-15(14)18(12)10-16(19)17-9-13-6-7-22(20,21)11-13/h2-5,8,13H,6-7,9-11H2,1H3,(H,17,19)/t13-/m1/s1. The van der Waals surface area contributed by atoms with Gasteiger partial charge in [-0.3, -0.25) is 4.79 Å². The number of rotatable bonds is 4. The van der Waals surface area contributed by atoms with E-state index in [0.717, 1.165) is 16.6 Å². The molecule has 1 saturated heterocycles. The average Bonchev–Trinajstić information content (AvgIpc) is 2.97. The summed E-state index contributed by atoms with van der Waals surface area (Å²) in [5.41, 5.74) is 2.08. The van der Waals surface area contributed by atoms with E-state index in [-0.39, 0.29) is 29.9 Å². The second-order valence-corrected chi connectivity index (χ2v) is 8.23. The van der Waals surface area contributed by atoms with Gasteiger partial charge < -0.3 is 9.88 Å². The van der Waals surface area contributed by atoms with Crippen LogP contribution in [0.5, 0.6) is 0 Å². The molecule has 1 aliphatic heterocycles. The van der Waals surface area contributed by atoms with E-state index in [4.69, 9.17) is 0 Å². The van der Waals surface area contributed by atoms with Crippen LogP contribution in [0.3, 0.4) is 0 Å². The zero-order valence-electron chi connectivity index (χ0n) is 12.6. The quantitative estimate of drug-likeness (QED) is 0.928. The first kappa shape index (κ1) is 15.1. The summed E-state index contributed by atoms with van der Waals surface area (Å²) in [6.07, 6.45) is 0.647. The predicted molar refractivity (Wildman–Crippen MR) is 86.4 cm³/mol. The van der Waals surface area contributed by atoms with E-state index in [1.807, 2.05) is 35.8 Å². The third-order valence-corrected chi connectivity index (χ3v) is 6.07. The minimum atomic E-state index is -2.89. The van der Waals surface area contributed by atoms with Crippen molar-refractivity contribution in [3.63, 3.8) is 0 Å². The number of nitrogens with zero attached hydrogens (tertiary/aromatic N) is 1. The van der Waals surface area contributed by atoms with Crippen molar-refractivity contribution in [2.75, 3.05) is 18.1 Å². The summed E-state index contributed by atoms with van der Waals surface area (Å²) in [6.45, 7) is 2.69. The number of carbonyl (C=O) groups excluding carboxylic acids is 1. The Hall–Kier alpha value is -1.82. The maximum absolute atomic E-state index is 12.1. The average molecular weight is 320 g/mol. The van der Waals surface area contributed by atoms with Gasteiger partial charge in [0.25, 0.3) is 0 Å². The van der Waals surface area contributed by atoms with Crippen LogP contribution in [0.15, 0.2) is 30.3 Å². The normalized spacial score (nSPS) is 20.3. The highest BCUT2D eigenvalue weighted by Crippen LogP contribution is 2.19. The molecule has 6 heteroatoms. The van der Waals surface area contributed by atoms with Gasteiger partial charge in [0.1, 0.15) is 6.54 Å². The summed E-state index contributed by atoms with van der Waals surface area (Å²) in [4.78, 5) is 12.1. The molecule has 1 N–H and O–H groups in total. The highest BCUT2D eigenvalue weighted by Gasteiger charge is 2.27. The fourth-order valence-corrected chi connectivity index (χ4v) is 4.91. The summed E-state index contributed by atoms with van der Waals surface area (Å²) in [6, 6.07) is 10.0. The number of amides is 1. The van der Waals surface area contributed by atoms with Crippen molar-refractivity contribution >= 4 is 26.6 Å². The van der Waals surface area contributed by atoms with Gasteiger partial charge in [-0.2, -0.15) is 0 Å². The third-order valence-electron chi connectivity index (χ3n) is 4.23. The number of hydrogen-bond acceptors (Lipinski definition) is 3. The number of para-hydroxylation sites is 1. The van der Waals surface area contributed by atoms with Crippen LogP contribution >= 0.6 is 0 Å². The molecule has 3 rings (SSSR count). The Kier molecular flexibility index (Phi) is 3.95. The van der Waals surface area contributed by atoms with Crippen molar-refractivity contribution < 1.29 is 13.2 Å². The lowest BCUT2D eigenvalue weighted by Crippen LogP contribution is -2.32. The molecule has 1 aromatic heterocycles. The van der Waals surface area contributed by atoms with Crippen molar-refractivity contribution in [3.05, 3.63) is 36.0 Å². The van der Waals surface area contributed by atoms with Crippen molar-refractivity contribution in [2.45, 2.75) is 19.9 Å². The van der Waals surface area contributed by atoms with E-state index in [2.05, 4.69) is 11.4 Å². The number of aromatic nitrogens is 1. The zero-order chi connectivity index (χ0) is 15.7. The Balaban J connectivity index is 1.63. The lowest BCUT2D eigenvalue weighted by Gasteiger charge is -2.12. The molecular formula is C16H20N2O3S. The first-order chi connectivity index (χ1) is 10.4. The molecule has 2 aromatic rings. The molecule has 118 valence electrons. The number of fused-ring (bicyclic) bond motifs is 1. The Bertz CT molecular complexity index is 808. The number of carbonyl (C=O) groups is 1. The van der Waals surface area contributed by atoms with E-state index in [1.54, 1.807) is 0 Å². The zero-order valence-corrected chi connectivity index (χ0v) is 13.4. The Morgan fingerprint density at radius 1 is 1.36 bits per heavy atom. The molecular weight excluding hydrogens is 300 g/mol. The van der Waals surface area contributed by atoms with Gasteiger partial charge in [0.2, 0.25) is 5.91 Å². The Morgan fingerprint density at radius 2 is 2.14 bits per heavy atom. The van der Waals surface area contributed by atoms with Crippen molar-refractivity contribution in [1.29, 1.82) is 0 Å². The van der Waals surface area contributed by atoms with Crippen molar-refractivity contribution in [2.24, 2.45) is 5.92 Å². The van der Waals surface area contributed by atoms with Crippen LogP contribution in [-0.4, -0.2) is 36.9 Å². The van der Waals surface area contributed by atoms with Gasteiger partial charge in [0.05, 0.1) is 11.5 Å². The lowest BCUT2D eigenvalue weighted by atomic mass is 10.1. The fourth-order valence-electron chi connectivity index (χ4n) is 3.05. The summed E-state index contributed by atoms with van der Waals surface area (Å²) in [7, 11) is -2.89. The van der Waals surface area contributed by atoms with Crippen LogP contribution < -0.4 is 5.32 Å². The van der Waals surface area contributed by atoms with Gasteiger partial charge in [-0.25, -0.2) is 8.42 Å². The number of sulfone groups is 1. The van der Waals surface area contributed by atoms with Gasteiger partial charge in [-0.15, -0.1) is 0 Å². The van der Waals surface area contributed by atoms with Gasteiger partial charge in [-0.1, -0.05) is 18.2 Å². The van der Waals surface area contributed by atoms with Gasteiger partial charge in [0, 0.05) is 17.8 Å². The fraction of sp³-hybridized carbons (Fsp3) is 0.438. The Labute approximate surface area is 130 Å². The third kappa shape index (κ3) is 3.16. The maximum atomic E-state index is 12.1. The topological polar surface area (TPSA) is 68.2 Å². The second-order valence-electron chi connectivity index (χ2n) is 6.00. The summed E-state index contributed by atoms with van der Waals surface area (Å²) < 4.78 is 24.8. The van der Waals surface area contributed by atoms with Gasteiger partial charge in [-0.05, 0) is 36.8 Å². The van der Waals surface area contributed by atoms with Crippen LogP contribution in [-0.2, 0) is 21.2 Å². The molecule has 0 spiro atoms. The van der Waals surface area contributed by atoms with E-state index in [9.17, 15) is 13.2 Å². The molecule has 1 aliphatic rings. The molecule has 2 heterocycles. The number of nitrogens with one attached hydrogen (secondary N) is 1. The minimum Gasteiger partial charge on any atom is -0.354 e. The summed E-state index contributed by atoms with van der Waals surface area (Å²) in [5, 5.41) is 3.99. The van der Waals surface area contributed by atoms with Crippen LogP contribution in [0, 0.1) is 12.8 Å². The molecule has 0 unspecified atom stereocenters. The molecule has 1 fully saturated rings. The number of hydrogen-bond donors (Lipinski definition) is 1. The van der Waals surface area contributed by atoms with Crippen molar-refractivity contribution in [1.82, 2.24) is 9.88 Å². The first-order valence-corrected chi connectivity index (χ1v) is 9.29. The van der Waals surface area contributed by atoms with E-state index in [0.29, 0.717) is 13.0 Å². The number of benzene rings is 1. The monoisotopic (exact) mass is 320 g/mol.